The van der Waals surface area contributed by atoms with E-state index in [1.54, 1.807) is 0 Å². The predicted octanol–water partition coefficient (Wildman–Crippen LogP) is 2.75. The summed E-state index contributed by atoms with van der Waals surface area (Å²) in [5.74, 6) is 0.539. The van der Waals surface area contributed by atoms with Gasteiger partial charge in [0, 0.05) is 4.47 Å². The van der Waals surface area contributed by atoms with Gasteiger partial charge in [-0.1, -0.05) is 15.9 Å². The van der Waals surface area contributed by atoms with Crippen LogP contribution in [-0.2, 0) is 0 Å². The monoisotopic (exact) mass is 280 g/mol. The predicted molar refractivity (Wildman–Crippen MR) is 65.7 cm³/mol. The molecule has 0 unspecified atom stereocenters. The molecule has 0 radical (unpaired) electrons. The maximum absolute atomic E-state index is 5.57. The van der Waals surface area contributed by atoms with Crippen molar-refractivity contribution in [3.8, 4) is 0 Å². The summed E-state index contributed by atoms with van der Waals surface area (Å²) in [4.78, 5) is 0. The molecule has 0 amide bonds. The lowest BCUT2D eigenvalue weighted by molar-refractivity contribution is 1.11. The number of nitrogen functional groups attached to an aromatic ring is 2. The second-order valence-electron chi connectivity index (χ2n) is 3.05. The Hall–Kier alpha value is -1.89. The van der Waals surface area contributed by atoms with Crippen LogP contribution in [0.5, 0.6) is 0 Å². The van der Waals surface area contributed by atoms with Crippen LogP contribution in [0.2, 0.25) is 0 Å². The number of hydrogen-bond donors (Lipinski definition) is 3. The molecule has 5 N–H and O–H groups in total. The van der Waals surface area contributed by atoms with Crippen LogP contribution in [0.1, 0.15) is 0 Å². The Morgan fingerprint density at radius 1 is 1.12 bits per heavy atom. The average molecular weight is 281 g/mol. The van der Waals surface area contributed by atoms with Gasteiger partial charge >= 0.3 is 0 Å². The van der Waals surface area contributed by atoms with E-state index in [0.717, 1.165) is 4.47 Å². The van der Waals surface area contributed by atoms with E-state index >= 15 is 0 Å². The standard InChI is InChI=1S/C9H9BrN6/c10-5-1-3-6(4-2-5)13-14-7-8(11)15-16-9(7)12/h1-4H,(H5,11,12,15,16). The number of hydrogen-bond acceptors (Lipinski definition) is 5. The maximum atomic E-state index is 5.57. The van der Waals surface area contributed by atoms with E-state index in [4.69, 9.17) is 11.5 Å². The van der Waals surface area contributed by atoms with Gasteiger partial charge in [-0.25, -0.2) is 0 Å². The van der Waals surface area contributed by atoms with E-state index in [0.29, 0.717) is 17.2 Å². The number of halogens is 1. The van der Waals surface area contributed by atoms with Crippen LogP contribution < -0.4 is 11.5 Å². The number of aromatic amines is 1. The molecule has 0 aliphatic carbocycles. The van der Waals surface area contributed by atoms with Gasteiger partial charge in [0.25, 0.3) is 0 Å². The maximum Gasteiger partial charge on any atom is 0.175 e. The van der Waals surface area contributed by atoms with Crippen molar-refractivity contribution in [2.24, 2.45) is 10.2 Å². The van der Waals surface area contributed by atoms with E-state index < -0.39 is 0 Å². The van der Waals surface area contributed by atoms with E-state index in [1.165, 1.54) is 0 Å². The third kappa shape index (κ3) is 2.19. The van der Waals surface area contributed by atoms with Crippen LogP contribution in [-0.4, -0.2) is 10.2 Å². The van der Waals surface area contributed by atoms with Gasteiger partial charge in [-0.3, -0.25) is 5.10 Å². The molecule has 0 saturated heterocycles. The number of rotatable bonds is 2. The molecule has 0 fully saturated rings. The number of benzene rings is 1. The first-order valence-corrected chi connectivity index (χ1v) is 5.23. The Balaban J connectivity index is 2.24. The van der Waals surface area contributed by atoms with Gasteiger partial charge in [-0.15, -0.1) is 5.11 Å². The molecule has 6 nitrogen and oxygen atoms in total. The van der Waals surface area contributed by atoms with E-state index in [1.807, 2.05) is 24.3 Å². The van der Waals surface area contributed by atoms with E-state index in [2.05, 4.69) is 36.4 Å². The molecule has 1 heterocycles. The van der Waals surface area contributed by atoms with Gasteiger partial charge < -0.3 is 11.5 Å². The van der Waals surface area contributed by atoms with Crippen molar-refractivity contribution < 1.29 is 0 Å². The first kappa shape index (κ1) is 10.6. The first-order valence-electron chi connectivity index (χ1n) is 4.43. The van der Waals surface area contributed by atoms with Crippen LogP contribution in [0, 0.1) is 0 Å². The van der Waals surface area contributed by atoms with Crippen LogP contribution in [0.4, 0.5) is 23.0 Å². The normalized spacial score (nSPS) is 11.1. The van der Waals surface area contributed by atoms with E-state index in [-0.39, 0.29) is 5.82 Å². The van der Waals surface area contributed by atoms with Gasteiger partial charge in [-0.2, -0.15) is 10.2 Å². The lowest BCUT2D eigenvalue weighted by Crippen LogP contribution is -1.84. The molecule has 16 heavy (non-hydrogen) atoms. The minimum absolute atomic E-state index is 0.235. The molecule has 0 aliphatic heterocycles. The minimum atomic E-state index is 0.235. The second kappa shape index (κ2) is 4.31. The zero-order valence-electron chi connectivity index (χ0n) is 8.18. The summed E-state index contributed by atoms with van der Waals surface area (Å²) < 4.78 is 0.980. The quantitative estimate of drug-likeness (QED) is 0.737. The van der Waals surface area contributed by atoms with Gasteiger partial charge in [0.15, 0.2) is 11.5 Å². The summed E-state index contributed by atoms with van der Waals surface area (Å²) in [5.41, 5.74) is 12.2. The molecule has 0 atom stereocenters. The molecule has 0 aliphatic rings. The zero-order chi connectivity index (χ0) is 11.5. The Kier molecular flexibility index (Phi) is 2.86. The molecule has 1 aromatic carbocycles. The molecule has 0 bridgehead atoms. The smallest absolute Gasteiger partial charge is 0.175 e. The lowest BCUT2D eigenvalue weighted by atomic mass is 10.3. The highest BCUT2D eigenvalue weighted by molar-refractivity contribution is 9.10. The Labute approximate surface area is 99.9 Å². The third-order valence-corrected chi connectivity index (χ3v) is 2.42. The van der Waals surface area contributed by atoms with Crippen LogP contribution >= 0.6 is 15.9 Å². The minimum Gasteiger partial charge on any atom is -0.382 e. The molecular weight excluding hydrogens is 272 g/mol. The van der Waals surface area contributed by atoms with Crippen molar-refractivity contribution in [1.82, 2.24) is 10.2 Å². The largest absolute Gasteiger partial charge is 0.382 e. The van der Waals surface area contributed by atoms with Crippen LogP contribution in [0.3, 0.4) is 0 Å². The number of anilines is 2. The van der Waals surface area contributed by atoms with Crippen molar-refractivity contribution in [3.63, 3.8) is 0 Å². The molecule has 1 aromatic heterocycles. The van der Waals surface area contributed by atoms with Crippen molar-refractivity contribution in [3.05, 3.63) is 28.7 Å². The third-order valence-electron chi connectivity index (χ3n) is 1.89. The van der Waals surface area contributed by atoms with Crippen LogP contribution in [0.25, 0.3) is 0 Å². The molecule has 7 heteroatoms. The summed E-state index contributed by atoms with van der Waals surface area (Å²) in [6.07, 6.45) is 0. The Morgan fingerprint density at radius 2 is 1.81 bits per heavy atom. The average Bonchev–Trinajstić information content (AvgIpc) is 2.59. The lowest BCUT2D eigenvalue weighted by Gasteiger charge is -1.93. The highest BCUT2D eigenvalue weighted by Crippen LogP contribution is 2.28. The molecular formula is C9H9BrN6. The number of H-pyrrole nitrogens is 1. The summed E-state index contributed by atoms with van der Waals surface area (Å²) >= 11 is 3.33. The summed E-state index contributed by atoms with van der Waals surface area (Å²) in [5, 5.41) is 14.2. The molecule has 0 spiro atoms. The summed E-state index contributed by atoms with van der Waals surface area (Å²) in [7, 11) is 0. The topological polar surface area (TPSA) is 105 Å². The first-order chi connectivity index (χ1) is 7.66. The van der Waals surface area contributed by atoms with Crippen molar-refractivity contribution >= 4 is 38.9 Å². The van der Waals surface area contributed by atoms with Gasteiger partial charge in [0.05, 0.1) is 5.69 Å². The molecule has 0 saturated carbocycles. The van der Waals surface area contributed by atoms with Crippen molar-refractivity contribution in [1.29, 1.82) is 0 Å². The second-order valence-corrected chi connectivity index (χ2v) is 3.96. The van der Waals surface area contributed by atoms with Crippen molar-refractivity contribution in [2.45, 2.75) is 0 Å². The Bertz CT molecular complexity index is 496. The van der Waals surface area contributed by atoms with Gasteiger partial charge in [0.2, 0.25) is 0 Å². The number of nitrogens with two attached hydrogens (primary N) is 2. The fraction of sp³-hybridized carbons (Fsp3) is 0. The highest BCUT2D eigenvalue weighted by atomic mass is 79.9. The fourth-order valence-corrected chi connectivity index (χ4v) is 1.35. The highest BCUT2D eigenvalue weighted by Gasteiger charge is 2.05. The summed E-state index contributed by atoms with van der Waals surface area (Å²) in [6.45, 7) is 0. The molecule has 82 valence electrons. The summed E-state index contributed by atoms with van der Waals surface area (Å²) in [6, 6.07) is 7.38. The zero-order valence-corrected chi connectivity index (χ0v) is 9.77. The fourth-order valence-electron chi connectivity index (χ4n) is 1.08. The van der Waals surface area contributed by atoms with Crippen LogP contribution in [0.15, 0.2) is 39.0 Å². The number of aromatic nitrogens is 2. The SMILES string of the molecule is Nc1n[nH]c(N)c1N=Nc1ccc(Br)cc1. The van der Waals surface area contributed by atoms with Gasteiger partial charge in [-0.05, 0) is 24.3 Å². The number of nitrogens with one attached hydrogen (secondary N) is 1. The molecule has 2 aromatic rings. The van der Waals surface area contributed by atoms with E-state index in [9.17, 15) is 0 Å². The number of azo groups is 1. The number of nitrogens with zero attached hydrogens (tertiary/aromatic N) is 3. The van der Waals surface area contributed by atoms with Gasteiger partial charge in [0.1, 0.15) is 5.82 Å². The molecule has 2 rings (SSSR count). The van der Waals surface area contributed by atoms with Crippen molar-refractivity contribution in [2.75, 3.05) is 11.5 Å². The Morgan fingerprint density at radius 3 is 2.38 bits per heavy atom.